The summed E-state index contributed by atoms with van der Waals surface area (Å²) in [6.45, 7) is 2.68. The number of benzene rings is 2. The zero-order valence-electron chi connectivity index (χ0n) is 18.0. The number of nitrogens with one attached hydrogen (secondary N) is 1. The third-order valence-corrected chi connectivity index (χ3v) is 6.45. The minimum absolute atomic E-state index is 0.0622. The first-order chi connectivity index (χ1) is 15.2. The number of ketones is 1. The molecule has 0 saturated heterocycles. The SMILES string of the molecule is O=CC1Cc2cc(C(=O)CCCCCNCCc3cccc(F)c3)cc3c2N1CCC3. The summed E-state index contributed by atoms with van der Waals surface area (Å²) in [7, 11) is 0. The molecule has 0 amide bonds. The Morgan fingerprint density at radius 2 is 2.00 bits per heavy atom. The van der Waals surface area contributed by atoms with Crippen LogP contribution in [0.5, 0.6) is 0 Å². The molecule has 1 atom stereocenters. The van der Waals surface area contributed by atoms with Crippen molar-refractivity contribution in [1.29, 1.82) is 0 Å². The number of aryl methyl sites for hydroxylation is 1. The van der Waals surface area contributed by atoms with Crippen molar-refractivity contribution in [3.63, 3.8) is 0 Å². The maximum Gasteiger partial charge on any atom is 0.162 e. The Hall–Kier alpha value is -2.53. The first-order valence-electron chi connectivity index (χ1n) is 11.5. The van der Waals surface area contributed by atoms with Crippen LogP contribution in [0.2, 0.25) is 0 Å². The average Bonchev–Trinajstić information content (AvgIpc) is 3.14. The summed E-state index contributed by atoms with van der Waals surface area (Å²) >= 11 is 0. The molecular weight excluding hydrogens is 391 g/mol. The third-order valence-electron chi connectivity index (χ3n) is 6.45. The third kappa shape index (κ3) is 5.21. The van der Waals surface area contributed by atoms with Crippen LogP contribution in [0.15, 0.2) is 36.4 Å². The van der Waals surface area contributed by atoms with E-state index < -0.39 is 0 Å². The van der Waals surface area contributed by atoms with E-state index in [1.54, 1.807) is 12.1 Å². The standard InChI is InChI=1S/C26H31FN2O2/c27-23-8-4-6-19(14-23)10-12-28-11-3-1-2-9-25(31)21-15-20-7-5-13-29-24(18-30)17-22(16-21)26(20)29/h4,6,8,14-16,18,24,28H,1-3,5,7,9-13,17H2. The van der Waals surface area contributed by atoms with Gasteiger partial charge in [0.25, 0.3) is 0 Å². The smallest absolute Gasteiger partial charge is 0.162 e. The van der Waals surface area contributed by atoms with Crippen LogP contribution in [-0.4, -0.2) is 37.7 Å². The molecule has 0 saturated carbocycles. The fraction of sp³-hybridized carbons (Fsp3) is 0.462. The van der Waals surface area contributed by atoms with Gasteiger partial charge in [0.2, 0.25) is 0 Å². The number of Topliss-reactive ketones (excluding diaryl/α,β-unsaturated/α-hetero) is 1. The van der Waals surface area contributed by atoms with E-state index in [1.807, 2.05) is 12.1 Å². The van der Waals surface area contributed by atoms with Crippen molar-refractivity contribution in [3.05, 3.63) is 64.5 Å². The van der Waals surface area contributed by atoms with Gasteiger partial charge < -0.3 is 15.0 Å². The van der Waals surface area contributed by atoms with Crippen molar-refractivity contribution in [1.82, 2.24) is 5.32 Å². The molecule has 4 rings (SSSR count). The van der Waals surface area contributed by atoms with Crippen LogP contribution >= 0.6 is 0 Å². The van der Waals surface area contributed by atoms with E-state index in [9.17, 15) is 14.0 Å². The fourth-order valence-electron chi connectivity index (χ4n) is 4.88. The second kappa shape index (κ2) is 10.2. The van der Waals surface area contributed by atoms with Gasteiger partial charge in [-0.15, -0.1) is 0 Å². The molecule has 164 valence electrons. The molecule has 0 aromatic heterocycles. The Morgan fingerprint density at radius 3 is 2.84 bits per heavy atom. The van der Waals surface area contributed by atoms with Crippen LogP contribution < -0.4 is 10.2 Å². The summed E-state index contributed by atoms with van der Waals surface area (Å²) in [4.78, 5) is 26.4. The number of nitrogens with zero attached hydrogens (tertiary/aromatic N) is 1. The van der Waals surface area contributed by atoms with Gasteiger partial charge >= 0.3 is 0 Å². The van der Waals surface area contributed by atoms with Gasteiger partial charge in [-0.25, -0.2) is 4.39 Å². The van der Waals surface area contributed by atoms with Gasteiger partial charge in [-0.05, 0) is 86.1 Å². The fourth-order valence-corrected chi connectivity index (χ4v) is 4.88. The number of carbonyl (C=O) groups is 2. The highest BCUT2D eigenvalue weighted by molar-refractivity contribution is 5.97. The predicted octanol–water partition coefficient (Wildman–Crippen LogP) is 4.28. The zero-order valence-corrected chi connectivity index (χ0v) is 18.0. The lowest BCUT2D eigenvalue weighted by Crippen LogP contribution is -2.36. The van der Waals surface area contributed by atoms with Gasteiger partial charge in [-0.1, -0.05) is 18.6 Å². The van der Waals surface area contributed by atoms with Gasteiger partial charge in [-0.3, -0.25) is 4.79 Å². The first kappa shape index (κ1) is 21.7. The molecular formula is C26H31FN2O2. The molecule has 1 N–H and O–H groups in total. The van der Waals surface area contributed by atoms with Gasteiger partial charge in [0, 0.05) is 30.6 Å². The average molecular weight is 423 g/mol. The molecule has 2 aromatic carbocycles. The molecule has 0 fully saturated rings. The van der Waals surface area contributed by atoms with E-state index >= 15 is 0 Å². The van der Waals surface area contributed by atoms with E-state index in [2.05, 4.69) is 16.3 Å². The summed E-state index contributed by atoms with van der Waals surface area (Å²) in [5.41, 5.74) is 5.44. The van der Waals surface area contributed by atoms with Crippen LogP contribution in [0.1, 0.15) is 59.2 Å². The Balaban J connectivity index is 1.18. The molecule has 2 aromatic rings. The van der Waals surface area contributed by atoms with Crippen LogP contribution in [0.4, 0.5) is 10.1 Å². The number of hydrogen-bond acceptors (Lipinski definition) is 4. The van der Waals surface area contributed by atoms with Gasteiger partial charge in [-0.2, -0.15) is 0 Å². The van der Waals surface area contributed by atoms with Crippen molar-refractivity contribution in [2.24, 2.45) is 0 Å². The van der Waals surface area contributed by atoms with Crippen molar-refractivity contribution < 1.29 is 14.0 Å². The normalized spacial score (nSPS) is 16.9. The topological polar surface area (TPSA) is 49.4 Å². The molecule has 5 heteroatoms. The summed E-state index contributed by atoms with van der Waals surface area (Å²) in [6, 6.07) is 10.8. The molecule has 2 heterocycles. The van der Waals surface area contributed by atoms with Crippen molar-refractivity contribution in [2.45, 2.75) is 57.4 Å². The van der Waals surface area contributed by atoms with Crippen molar-refractivity contribution in [2.75, 3.05) is 24.5 Å². The zero-order chi connectivity index (χ0) is 21.6. The predicted molar refractivity (Wildman–Crippen MR) is 121 cm³/mol. The molecule has 0 spiro atoms. The van der Waals surface area contributed by atoms with Gasteiger partial charge in [0.1, 0.15) is 12.1 Å². The molecule has 4 nitrogen and oxygen atoms in total. The quantitative estimate of drug-likeness (QED) is 0.334. The van der Waals surface area contributed by atoms with Gasteiger partial charge in [0.15, 0.2) is 5.78 Å². The van der Waals surface area contributed by atoms with E-state index in [0.717, 1.165) is 82.0 Å². The minimum atomic E-state index is -0.185. The van der Waals surface area contributed by atoms with E-state index in [0.29, 0.717) is 6.42 Å². The highest BCUT2D eigenvalue weighted by atomic mass is 19.1. The molecule has 1 unspecified atom stereocenters. The monoisotopic (exact) mass is 422 g/mol. The minimum Gasteiger partial charge on any atom is -0.361 e. The van der Waals surface area contributed by atoms with E-state index in [-0.39, 0.29) is 17.6 Å². The Kier molecular flexibility index (Phi) is 7.13. The largest absolute Gasteiger partial charge is 0.361 e. The van der Waals surface area contributed by atoms with Crippen LogP contribution in [-0.2, 0) is 24.1 Å². The molecule has 2 aliphatic heterocycles. The number of hydrogen-bond donors (Lipinski definition) is 1. The van der Waals surface area contributed by atoms with Gasteiger partial charge in [0.05, 0.1) is 6.04 Å². The number of unbranched alkanes of at least 4 members (excludes halogenated alkanes) is 2. The lowest BCUT2D eigenvalue weighted by molar-refractivity contribution is -0.108. The molecule has 31 heavy (non-hydrogen) atoms. The maximum atomic E-state index is 13.2. The lowest BCUT2D eigenvalue weighted by Gasteiger charge is -2.30. The Bertz CT molecular complexity index is 943. The maximum absolute atomic E-state index is 13.2. The Labute approximate surface area is 183 Å². The van der Waals surface area contributed by atoms with Crippen LogP contribution in [0, 0.1) is 5.82 Å². The van der Waals surface area contributed by atoms with E-state index in [1.165, 1.54) is 22.9 Å². The highest BCUT2D eigenvalue weighted by Crippen LogP contribution is 2.39. The van der Waals surface area contributed by atoms with Crippen molar-refractivity contribution in [3.8, 4) is 0 Å². The second-order valence-electron chi connectivity index (χ2n) is 8.71. The Morgan fingerprint density at radius 1 is 1.13 bits per heavy atom. The molecule has 0 aliphatic carbocycles. The summed E-state index contributed by atoms with van der Waals surface area (Å²) in [6.07, 6.45) is 8.13. The first-order valence-corrected chi connectivity index (χ1v) is 11.5. The highest BCUT2D eigenvalue weighted by Gasteiger charge is 2.33. The van der Waals surface area contributed by atoms with Crippen LogP contribution in [0.3, 0.4) is 0 Å². The second-order valence-corrected chi connectivity index (χ2v) is 8.71. The molecule has 0 radical (unpaired) electrons. The number of halogens is 1. The number of aldehydes is 1. The number of anilines is 1. The molecule has 0 bridgehead atoms. The number of rotatable bonds is 11. The molecule has 2 aliphatic rings. The summed E-state index contributed by atoms with van der Waals surface area (Å²) < 4.78 is 13.2. The number of carbonyl (C=O) groups excluding carboxylic acids is 2. The lowest BCUT2D eigenvalue weighted by atomic mass is 9.94. The summed E-state index contributed by atoms with van der Waals surface area (Å²) in [5.74, 6) is 0.0282. The van der Waals surface area contributed by atoms with E-state index in [4.69, 9.17) is 0 Å². The summed E-state index contributed by atoms with van der Waals surface area (Å²) in [5, 5.41) is 3.40. The van der Waals surface area contributed by atoms with Crippen LogP contribution in [0.25, 0.3) is 0 Å². The van der Waals surface area contributed by atoms with Crippen molar-refractivity contribution >= 4 is 17.8 Å².